The first-order valence-electron chi connectivity index (χ1n) is 5.38. The van der Waals surface area contributed by atoms with Crippen molar-refractivity contribution in [2.75, 3.05) is 0 Å². The fraction of sp³-hybridized carbons (Fsp3) is 0.286. The Morgan fingerprint density at radius 1 is 0.875 bits per heavy atom. The van der Waals surface area contributed by atoms with Crippen LogP contribution in [0.5, 0.6) is 0 Å². The average Bonchev–Trinajstić information content (AvgIpc) is 2.54. The monoisotopic (exact) mass is 208 g/mol. The zero-order valence-corrected chi connectivity index (χ0v) is 8.93. The number of nitrogens with zero attached hydrogens (tertiary/aromatic N) is 2. The van der Waals surface area contributed by atoms with E-state index in [4.69, 9.17) is 10.5 Å². The molecule has 1 saturated carbocycles. The van der Waals surface area contributed by atoms with E-state index in [2.05, 4.69) is 12.1 Å². The van der Waals surface area contributed by atoms with Crippen LogP contribution in [-0.4, -0.2) is 0 Å². The van der Waals surface area contributed by atoms with Gasteiger partial charge in [0.1, 0.15) is 0 Å². The molecule has 0 unspecified atom stereocenters. The van der Waals surface area contributed by atoms with E-state index >= 15 is 0 Å². The van der Waals surface area contributed by atoms with Crippen molar-refractivity contribution in [3.8, 4) is 12.1 Å². The third-order valence-electron chi connectivity index (χ3n) is 3.04. The van der Waals surface area contributed by atoms with Gasteiger partial charge in [-0.1, -0.05) is 42.0 Å². The normalized spacial score (nSPS) is 27.6. The summed E-state index contributed by atoms with van der Waals surface area (Å²) in [6.07, 6.45) is 13.5. The summed E-state index contributed by atoms with van der Waals surface area (Å²) in [5.41, 5.74) is 2.39. The van der Waals surface area contributed by atoms with E-state index in [1.54, 1.807) is 0 Å². The summed E-state index contributed by atoms with van der Waals surface area (Å²) in [7, 11) is 0. The van der Waals surface area contributed by atoms with E-state index in [0.717, 1.165) is 18.4 Å². The molecule has 0 radical (unpaired) electrons. The van der Waals surface area contributed by atoms with Crippen LogP contribution in [0.1, 0.15) is 12.8 Å². The highest BCUT2D eigenvalue weighted by atomic mass is 14.4. The van der Waals surface area contributed by atoms with Crippen LogP contribution in [-0.2, 0) is 0 Å². The minimum Gasteiger partial charge on any atom is -0.198 e. The molecule has 2 aliphatic rings. The van der Waals surface area contributed by atoms with E-state index in [9.17, 15) is 0 Å². The molecule has 0 saturated heterocycles. The van der Waals surface area contributed by atoms with Crippen LogP contribution >= 0.6 is 0 Å². The maximum absolute atomic E-state index is 8.97. The van der Waals surface area contributed by atoms with Crippen molar-refractivity contribution in [1.82, 2.24) is 0 Å². The quantitative estimate of drug-likeness (QED) is 0.614. The van der Waals surface area contributed by atoms with Gasteiger partial charge in [-0.3, -0.25) is 0 Å². The first kappa shape index (κ1) is 10.5. The van der Waals surface area contributed by atoms with Crippen LogP contribution in [0.4, 0.5) is 0 Å². The minimum atomic E-state index is -0.134. The number of hydrogen-bond acceptors (Lipinski definition) is 2. The van der Waals surface area contributed by atoms with Gasteiger partial charge >= 0.3 is 0 Å². The van der Waals surface area contributed by atoms with Gasteiger partial charge in [-0.2, -0.15) is 10.5 Å². The maximum Gasteiger partial charge on any atom is 0.0673 e. The molecule has 2 rings (SSSR count). The van der Waals surface area contributed by atoms with Crippen molar-refractivity contribution in [3.05, 3.63) is 47.6 Å². The molecule has 0 aromatic rings. The lowest BCUT2D eigenvalue weighted by Crippen LogP contribution is -2.01. The lowest BCUT2D eigenvalue weighted by atomic mass is 10.00. The molecule has 78 valence electrons. The first-order valence-corrected chi connectivity index (χ1v) is 5.38. The van der Waals surface area contributed by atoms with E-state index in [1.807, 2.05) is 36.5 Å². The predicted molar refractivity (Wildman–Crippen MR) is 61.9 cm³/mol. The summed E-state index contributed by atoms with van der Waals surface area (Å²) in [5, 5.41) is 17.9. The van der Waals surface area contributed by atoms with Crippen molar-refractivity contribution < 1.29 is 0 Å². The van der Waals surface area contributed by atoms with E-state index in [1.165, 1.54) is 5.57 Å². The number of allylic oxidation sites excluding steroid dienone is 8. The van der Waals surface area contributed by atoms with Crippen molar-refractivity contribution in [3.63, 3.8) is 0 Å². The van der Waals surface area contributed by atoms with Crippen LogP contribution in [0.25, 0.3) is 0 Å². The van der Waals surface area contributed by atoms with Gasteiger partial charge in [0.2, 0.25) is 0 Å². The van der Waals surface area contributed by atoms with Gasteiger partial charge in [0, 0.05) is 0 Å². The van der Waals surface area contributed by atoms with Gasteiger partial charge < -0.3 is 0 Å². The largest absolute Gasteiger partial charge is 0.198 e. The molecular formula is C14H12N2. The zero-order chi connectivity index (χ0) is 11.4. The summed E-state index contributed by atoms with van der Waals surface area (Å²) in [4.78, 5) is 0. The minimum absolute atomic E-state index is 0.134. The van der Waals surface area contributed by atoms with Gasteiger partial charge in [0.15, 0.2) is 0 Å². The van der Waals surface area contributed by atoms with Crippen molar-refractivity contribution >= 4 is 0 Å². The second-order valence-corrected chi connectivity index (χ2v) is 4.04. The van der Waals surface area contributed by atoms with Gasteiger partial charge in [-0.05, 0) is 18.4 Å². The lowest BCUT2D eigenvalue weighted by molar-refractivity contribution is 0.582. The van der Waals surface area contributed by atoms with Crippen LogP contribution in [0, 0.1) is 34.5 Å². The highest BCUT2D eigenvalue weighted by Gasteiger charge is 2.31. The Morgan fingerprint density at radius 2 is 1.38 bits per heavy atom. The molecule has 0 aromatic carbocycles. The predicted octanol–water partition coefficient (Wildman–Crippen LogP) is 3.04. The molecule has 0 heterocycles. The maximum atomic E-state index is 8.97. The summed E-state index contributed by atoms with van der Waals surface area (Å²) in [6, 6.07) is 4.46. The summed E-state index contributed by atoms with van der Waals surface area (Å²) in [5.74, 6) is -0.268. The molecule has 1 fully saturated rings. The molecule has 2 atom stereocenters. The first-order chi connectivity index (χ1) is 7.85. The van der Waals surface area contributed by atoms with Gasteiger partial charge in [-0.25, -0.2) is 0 Å². The van der Waals surface area contributed by atoms with Crippen LogP contribution in [0.3, 0.4) is 0 Å². The Morgan fingerprint density at radius 3 is 1.81 bits per heavy atom. The Balaban J connectivity index is 2.28. The third-order valence-corrected chi connectivity index (χ3v) is 3.04. The molecule has 0 aromatic heterocycles. The lowest BCUT2D eigenvalue weighted by Gasteiger charge is -2.00. The highest BCUT2D eigenvalue weighted by molar-refractivity contribution is 5.43. The van der Waals surface area contributed by atoms with Crippen molar-refractivity contribution in [2.24, 2.45) is 11.8 Å². The summed E-state index contributed by atoms with van der Waals surface area (Å²) < 4.78 is 0. The Labute approximate surface area is 95.5 Å². The third kappa shape index (κ3) is 1.97. The topological polar surface area (TPSA) is 47.6 Å². The Kier molecular flexibility index (Phi) is 3.03. The van der Waals surface area contributed by atoms with E-state index in [0.29, 0.717) is 0 Å². The second-order valence-electron chi connectivity index (χ2n) is 4.04. The second kappa shape index (κ2) is 4.64. The summed E-state index contributed by atoms with van der Waals surface area (Å²) >= 11 is 0. The zero-order valence-electron chi connectivity index (χ0n) is 8.93. The Bertz CT molecular complexity index is 436. The van der Waals surface area contributed by atoms with Crippen molar-refractivity contribution in [1.29, 1.82) is 10.5 Å². The molecular weight excluding hydrogens is 196 g/mol. The summed E-state index contributed by atoms with van der Waals surface area (Å²) in [6.45, 7) is 0. The van der Waals surface area contributed by atoms with Gasteiger partial charge in [-0.15, -0.1) is 0 Å². The molecule has 2 nitrogen and oxygen atoms in total. The standard InChI is InChI=1S/C14H12N2/c15-9-13-7-12(8-14(13)10-16)11-5-3-1-2-4-6-11/h1-6,13-14H,7-8H2/t13-,14+. The van der Waals surface area contributed by atoms with Gasteiger partial charge in [0.25, 0.3) is 0 Å². The van der Waals surface area contributed by atoms with Crippen molar-refractivity contribution in [2.45, 2.75) is 12.8 Å². The van der Waals surface area contributed by atoms with Crippen LogP contribution in [0.15, 0.2) is 47.6 Å². The Hall–Kier alpha value is -2.06. The van der Waals surface area contributed by atoms with Gasteiger partial charge in [0.05, 0.1) is 24.0 Å². The molecule has 2 heteroatoms. The number of rotatable bonds is 0. The highest BCUT2D eigenvalue weighted by Crippen LogP contribution is 2.37. The van der Waals surface area contributed by atoms with Crippen LogP contribution in [0.2, 0.25) is 0 Å². The molecule has 0 spiro atoms. The number of hydrogen-bond donors (Lipinski definition) is 0. The number of nitriles is 2. The average molecular weight is 208 g/mol. The molecule has 0 N–H and O–H groups in total. The van der Waals surface area contributed by atoms with Crippen LogP contribution < -0.4 is 0 Å². The fourth-order valence-corrected chi connectivity index (χ4v) is 2.14. The SMILES string of the molecule is N#C[C@@H]1CC(=C2C=CC=CC=C2)C[C@@H]1C#N. The molecule has 2 aliphatic carbocycles. The fourth-order valence-electron chi connectivity index (χ4n) is 2.14. The molecule has 16 heavy (non-hydrogen) atoms. The molecule has 0 amide bonds. The van der Waals surface area contributed by atoms with E-state index < -0.39 is 0 Å². The molecule has 0 bridgehead atoms. The smallest absolute Gasteiger partial charge is 0.0673 e. The van der Waals surface area contributed by atoms with E-state index in [-0.39, 0.29) is 11.8 Å². The molecule has 0 aliphatic heterocycles.